The van der Waals surface area contributed by atoms with Gasteiger partial charge < -0.3 is 9.47 Å². The summed E-state index contributed by atoms with van der Waals surface area (Å²) >= 11 is 0. The normalized spacial score (nSPS) is 9.88. The number of rotatable bonds is 3. The van der Waals surface area contributed by atoms with Crippen LogP contribution in [0.2, 0.25) is 0 Å². The van der Waals surface area contributed by atoms with Gasteiger partial charge in [0.05, 0.1) is 14.2 Å². The molecule has 0 N–H and O–H groups in total. The van der Waals surface area contributed by atoms with Gasteiger partial charge in [-0.1, -0.05) is 10.2 Å². The first-order chi connectivity index (χ1) is 7.83. The van der Waals surface area contributed by atoms with Gasteiger partial charge >= 0.3 is 6.01 Å². The Morgan fingerprint density at radius 2 is 1.44 bits per heavy atom. The molecule has 0 bridgehead atoms. The van der Waals surface area contributed by atoms with Gasteiger partial charge in [-0.25, -0.2) is 0 Å². The van der Waals surface area contributed by atoms with E-state index in [4.69, 9.17) is 9.47 Å². The molecule has 0 aliphatic carbocycles. The van der Waals surface area contributed by atoms with Crippen LogP contribution in [0.15, 0.2) is 24.3 Å². The molecule has 1 aromatic heterocycles. The Morgan fingerprint density at radius 3 is 1.94 bits per heavy atom. The van der Waals surface area contributed by atoms with Crippen molar-refractivity contribution in [3.05, 3.63) is 24.3 Å². The van der Waals surface area contributed by atoms with E-state index in [0.29, 0.717) is 5.82 Å². The summed E-state index contributed by atoms with van der Waals surface area (Å²) in [4.78, 5) is 0. The largest absolute Gasteiger partial charge is 0.497 e. The Hall–Kier alpha value is -2.24. The molecule has 0 unspecified atom stereocenters. The molecule has 2 aromatic rings. The van der Waals surface area contributed by atoms with E-state index in [2.05, 4.69) is 20.4 Å². The molecule has 0 atom stereocenters. The van der Waals surface area contributed by atoms with Crippen molar-refractivity contribution in [1.82, 2.24) is 20.4 Å². The summed E-state index contributed by atoms with van der Waals surface area (Å²) in [6, 6.07) is 7.47. The first-order valence-corrected chi connectivity index (χ1v) is 4.59. The molecule has 0 spiro atoms. The first kappa shape index (κ1) is 10.3. The number of nitrogens with zero attached hydrogens (tertiary/aromatic N) is 4. The molecule has 0 amide bonds. The van der Waals surface area contributed by atoms with Crippen molar-refractivity contribution < 1.29 is 9.47 Å². The Bertz CT molecular complexity index is 410. The molecule has 1 heterocycles. The zero-order valence-electron chi connectivity index (χ0n) is 8.91. The summed E-state index contributed by atoms with van der Waals surface area (Å²) in [6.45, 7) is 0. The zero-order valence-corrected chi connectivity index (χ0v) is 8.91. The van der Waals surface area contributed by atoms with E-state index in [1.807, 2.05) is 24.3 Å². The van der Waals surface area contributed by atoms with E-state index in [9.17, 15) is 0 Å². The second-order valence-corrected chi connectivity index (χ2v) is 2.94. The van der Waals surface area contributed by atoms with Crippen LogP contribution in [0.5, 0.6) is 11.8 Å². The highest BCUT2D eigenvalue weighted by Crippen LogP contribution is 2.18. The summed E-state index contributed by atoms with van der Waals surface area (Å²) in [7, 11) is 3.08. The molecule has 1 aromatic carbocycles. The van der Waals surface area contributed by atoms with Crippen LogP contribution in [0.4, 0.5) is 0 Å². The van der Waals surface area contributed by atoms with Gasteiger partial charge in [-0.2, -0.15) is 0 Å². The lowest BCUT2D eigenvalue weighted by Crippen LogP contribution is -1.99. The van der Waals surface area contributed by atoms with Crippen molar-refractivity contribution >= 4 is 0 Å². The van der Waals surface area contributed by atoms with Gasteiger partial charge in [-0.3, -0.25) is 0 Å². The highest BCUT2D eigenvalue weighted by atomic mass is 16.5. The van der Waals surface area contributed by atoms with Crippen molar-refractivity contribution in [3.63, 3.8) is 0 Å². The topological polar surface area (TPSA) is 70.0 Å². The average molecular weight is 218 g/mol. The molecule has 6 nitrogen and oxygen atoms in total. The summed E-state index contributed by atoms with van der Waals surface area (Å²) in [5, 5.41) is 15.2. The second kappa shape index (κ2) is 4.52. The smallest absolute Gasteiger partial charge is 0.354 e. The molecule has 82 valence electrons. The van der Waals surface area contributed by atoms with Crippen LogP contribution in [-0.4, -0.2) is 34.6 Å². The maximum atomic E-state index is 5.05. The van der Waals surface area contributed by atoms with Crippen LogP contribution in [-0.2, 0) is 0 Å². The lowest BCUT2D eigenvalue weighted by atomic mass is 10.2. The molecular weight excluding hydrogens is 208 g/mol. The molecule has 0 aliphatic heterocycles. The van der Waals surface area contributed by atoms with Crippen LogP contribution in [0.25, 0.3) is 11.4 Å². The maximum Gasteiger partial charge on any atom is 0.354 e. The summed E-state index contributed by atoms with van der Waals surface area (Å²) < 4.78 is 9.82. The Kier molecular flexibility index (Phi) is 2.90. The van der Waals surface area contributed by atoms with Gasteiger partial charge in [0.25, 0.3) is 0 Å². The molecule has 0 radical (unpaired) electrons. The van der Waals surface area contributed by atoms with Crippen LogP contribution < -0.4 is 9.47 Å². The summed E-state index contributed by atoms with van der Waals surface area (Å²) in [6.07, 6.45) is 0. The van der Waals surface area contributed by atoms with Crippen molar-refractivity contribution in [2.24, 2.45) is 0 Å². The standard InChI is InChI=1S/C10H10N4O2/c1-15-8-5-3-7(4-6-8)9-11-13-10(16-2)14-12-9/h3-6H,1-2H3. The third-order valence-electron chi connectivity index (χ3n) is 1.99. The lowest BCUT2D eigenvalue weighted by molar-refractivity contribution is 0.366. The van der Waals surface area contributed by atoms with Crippen LogP contribution >= 0.6 is 0 Å². The Labute approximate surface area is 92.3 Å². The summed E-state index contributed by atoms with van der Waals surface area (Å²) in [5.74, 6) is 1.22. The molecule has 0 saturated heterocycles. The first-order valence-electron chi connectivity index (χ1n) is 4.59. The van der Waals surface area contributed by atoms with E-state index < -0.39 is 0 Å². The minimum atomic E-state index is 0.150. The van der Waals surface area contributed by atoms with E-state index in [0.717, 1.165) is 11.3 Å². The molecule has 16 heavy (non-hydrogen) atoms. The van der Waals surface area contributed by atoms with Crippen molar-refractivity contribution in [1.29, 1.82) is 0 Å². The van der Waals surface area contributed by atoms with E-state index in [-0.39, 0.29) is 6.01 Å². The Balaban J connectivity index is 2.28. The molecule has 0 aliphatic rings. The molecule has 0 saturated carbocycles. The maximum absolute atomic E-state index is 5.05. The molecule has 0 fully saturated rings. The summed E-state index contributed by atoms with van der Waals surface area (Å²) in [5.41, 5.74) is 0.823. The van der Waals surface area contributed by atoms with E-state index >= 15 is 0 Å². The quantitative estimate of drug-likeness (QED) is 0.763. The van der Waals surface area contributed by atoms with Crippen molar-refractivity contribution in [2.75, 3.05) is 14.2 Å². The van der Waals surface area contributed by atoms with E-state index in [1.165, 1.54) is 7.11 Å². The monoisotopic (exact) mass is 218 g/mol. The predicted octanol–water partition coefficient (Wildman–Crippen LogP) is 0.951. The van der Waals surface area contributed by atoms with Crippen LogP contribution in [0.1, 0.15) is 0 Å². The molecular formula is C10H10N4O2. The van der Waals surface area contributed by atoms with Crippen LogP contribution in [0.3, 0.4) is 0 Å². The third kappa shape index (κ3) is 2.05. The zero-order chi connectivity index (χ0) is 11.4. The highest BCUT2D eigenvalue weighted by molar-refractivity contribution is 5.54. The second-order valence-electron chi connectivity index (χ2n) is 2.94. The van der Waals surface area contributed by atoms with Gasteiger partial charge in [0.1, 0.15) is 5.75 Å². The van der Waals surface area contributed by atoms with Gasteiger partial charge in [-0.15, -0.1) is 10.2 Å². The predicted molar refractivity (Wildman–Crippen MR) is 56.2 cm³/mol. The van der Waals surface area contributed by atoms with E-state index in [1.54, 1.807) is 7.11 Å². The minimum Gasteiger partial charge on any atom is -0.497 e. The van der Waals surface area contributed by atoms with Crippen molar-refractivity contribution in [2.45, 2.75) is 0 Å². The Morgan fingerprint density at radius 1 is 0.812 bits per heavy atom. The van der Waals surface area contributed by atoms with Crippen LogP contribution in [0, 0.1) is 0 Å². The fourth-order valence-electron chi connectivity index (χ4n) is 1.16. The lowest BCUT2D eigenvalue weighted by Gasteiger charge is -2.01. The fourth-order valence-corrected chi connectivity index (χ4v) is 1.16. The number of hydrogen-bond donors (Lipinski definition) is 0. The highest BCUT2D eigenvalue weighted by Gasteiger charge is 2.04. The van der Waals surface area contributed by atoms with Gasteiger partial charge in [0, 0.05) is 5.56 Å². The van der Waals surface area contributed by atoms with Gasteiger partial charge in [0.15, 0.2) is 0 Å². The fraction of sp³-hybridized carbons (Fsp3) is 0.200. The molecule has 6 heteroatoms. The van der Waals surface area contributed by atoms with Gasteiger partial charge in [-0.05, 0) is 24.3 Å². The number of benzene rings is 1. The van der Waals surface area contributed by atoms with Gasteiger partial charge in [0.2, 0.25) is 5.82 Å². The van der Waals surface area contributed by atoms with Crippen molar-refractivity contribution in [3.8, 4) is 23.1 Å². The number of ether oxygens (including phenoxy) is 2. The number of methoxy groups -OCH3 is 2. The SMILES string of the molecule is COc1ccc(-c2nnc(OC)nn2)cc1. The number of hydrogen-bond acceptors (Lipinski definition) is 6. The molecule has 2 rings (SSSR count). The third-order valence-corrected chi connectivity index (χ3v) is 1.99. The average Bonchev–Trinajstić information content (AvgIpc) is 2.39. The number of aromatic nitrogens is 4. The minimum absolute atomic E-state index is 0.150.